The molecule has 0 saturated carbocycles. The zero-order valence-electron chi connectivity index (χ0n) is 10.8. The van der Waals surface area contributed by atoms with Crippen LogP contribution in [-0.4, -0.2) is 45.7 Å². The van der Waals surface area contributed by atoms with Gasteiger partial charge in [-0.1, -0.05) is 6.92 Å². The van der Waals surface area contributed by atoms with Crippen LogP contribution in [-0.2, 0) is 14.6 Å². The van der Waals surface area contributed by atoms with E-state index < -0.39 is 9.84 Å². The van der Waals surface area contributed by atoms with Crippen LogP contribution in [0.4, 0.5) is 0 Å². The van der Waals surface area contributed by atoms with Crippen molar-refractivity contribution < 1.29 is 13.2 Å². The van der Waals surface area contributed by atoms with Crippen LogP contribution in [0.2, 0.25) is 0 Å². The van der Waals surface area contributed by atoms with Gasteiger partial charge >= 0.3 is 0 Å². The summed E-state index contributed by atoms with van der Waals surface area (Å²) in [5.41, 5.74) is 0. The second-order valence-corrected chi connectivity index (χ2v) is 6.71. The van der Waals surface area contributed by atoms with Gasteiger partial charge in [-0.3, -0.25) is 0 Å². The number of hydrogen-bond donors (Lipinski definition) is 1. The summed E-state index contributed by atoms with van der Waals surface area (Å²) in [6.07, 6.45) is 3.11. The molecule has 0 saturated heterocycles. The predicted octanol–water partition coefficient (Wildman–Crippen LogP) is 1.21. The smallest absolute Gasteiger partial charge is 0.147 e. The highest BCUT2D eigenvalue weighted by Crippen LogP contribution is 2.00. The van der Waals surface area contributed by atoms with E-state index in [-0.39, 0.29) is 17.9 Å². The summed E-state index contributed by atoms with van der Waals surface area (Å²) in [7, 11) is -2.88. The molecule has 1 N–H and O–H groups in total. The fraction of sp³-hybridized carbons (Fsp3) is 1.00. The SMILES string of the molecule is CCCNC(CCS(C)(=O)=O)COC(C)C. The quantitative estimate of drug-likeness (QED) is 0.669. The first-order chi connectivity index (χ1) is 7.35. The fourth-order valence-electron chi connectivity index (χ4n) is 1.26. The van der Waals surface area contributed by atoms with E-state index in [1.54, 1.807) is 0 Å². The Hall–Kier alpha value is -0.130. The molecule has 0 spiro atoms. The lowest BCUT2D eigenvalue weighted by Gasteiger charge is -2.19. The van der Waals surface area contributed by atoms with E-state index in [2.05, 4.69) is 12.2 Å². The highest BCUT2D eigenvalue weighted by atomic mass is 32.2. The molecule has 1 unspecified atom stereocenters. The lowest BCUT2D eigenvalue weighted by Crippen LogP contribution is -2.36. The Kier molecular flexibility index (Phi) is 7.97. The van der Waals surface area contributed by atoms with Gasteiger partial charge in [-0.2, -0.15) is 0 Å². The van der Waals surface area contributed by atoms with E-state index in [1.165, 1.54) is 6.26 Å². The van der Waals surface area contributed by atoms with E-state index in [0.717, 1.165) is 13.0 Å². The van der Waals surface area contributed by atoms with Crippen LogP contribution in [0.1, 0.15) is 33.6 Å². The molecule has 0 fully saturated rings. The molecule has 0 heterocycles. The molecule has 0 bridgehead atoms. The van der Waals surface area contributed by atoms with E-state index in [4.69, 9.17) is 4.74 Å². The van der Waals surface area contributed by atoms with Gasteiger partial charge in [0.25, 0.3) is 0 Å². The Balaban J connectivity index is 3.99. The first-order valence-electron chi connectivity index (χ1n) is 5.88. The van der Waals surface area contributed by atoms with Gasteiger partial charge in [-0.15, -0.1) is 0 Å². The van der Waals surface area contributed by atoms with Crippen LogP contribution < -0.4 is 5.32 Å². The number of nitrogens with one attached hydrogen (secondary N) is 1. The normalized spacial score (nSPS) is 14.3. The van der Waals surface area contributed by atoms with Crippen LogP contribution in [0.3, 0.4) is 0 Å². The molecule has 0 aromatic heterocycles. The zero-order valence-corrected chi connectivity index (χ0v) is 11.6. The Morgan fingerprint density at radius 1 is 1.31 bits per heavy atom. The summed E-state index contributed by atoms with van der Waals surface area (Å²) in [6, 6.07) is 0.136. The maximum Gasteiger partial charge on any atom is 0.147 e. The van der Waals surface area contributed by atoms with Gasteiger partial charge in [0, 0.05) is 12.3 Å². The number of ether oxygens (including phenoxy) is 1. The predicted molar refractivity (Wildman–Crippen MR) is 67.5 cm³/mol. The van der Waals surface area contributed by atoms with Crippen molar-refractivity contribution in [2.45, 2.75) is 45.8 Å². The number of hydrogen-bond acceptors (Lipinski definition) is 4. The Morgan fingerprint density at radius 3 is 2.38 bits per heavy atom. The van der Waals surface area contributed by atoms with Gasteiger partial charge in [-0.05, 0) is 33.2 Å². The molecule has 4 nitrogen and oxygen atoms in total. The summed E-state index contributed by atoms with van der Waals surface area (Å²) in [5, 5.41) is 3.31. The fourth-order valence-corrected chi connectivity index (χ4v) is 1.97. The minimum Gasteiger partial charge on any atom is -0.377 e. The minimum atomic E-state index is -2.88. The average Bonchev–Trinajstić information content (AvgIpc) is 2.15. The topological polar surface area (TPSA) is 55.4 Å². The molecular weight excluding hydrogens is 226 g/mol. The molecule has 0 aromatic rings. The first kappa shape index (κ1) is 15.9. The third kappa shape index (κ3) is 10.4. The third-order valence-electron chi connectivity index (χ3n) is 2.15. The average molecular weight is 251 g/mol. The molecule has 0 aliphatic rings. The van der Waals surface area contributed by atoms with Crippen LogP contribution in [0.15, 0.2) is 0 Å². The lowest BCUT2D eigenvalue weighted by atomic mass is 10.2. The number of rotatable bonds is 9. The summed E-state index contributed by atoms with van der Waals surface area (Å²) in [6.45, 7) is 7.52. The van der Waals surface area contributed by atoms with Gasteiger partial charge in [-0.25, -0.2) is 8.42 Å². The van der Waals surface area contributed by atoms with Crippen molar-refractivity contribution in [1.29, 1.82) is 0 Å². The summed E-state index contributed by atoms with van der Waals surface area (Å²) in [5.74, 6) is 0.218. The molecule has 98 valence electrons. The van der Waals surface area contributed by atoms with Crippen molar-refractivity contribution in [2.24, 2.45) is 0 Å². The highest BCUT2D eigenvalue weighted by molar-refractivity contribution is 7.90. The van der Waals surface area contributed by atoms with Gasteiger partial charge in [0.1, 0.15) is 9.84 Å². The Labute approximate surface area is 99.7 Å². The molecule has 5 heteroatoms. The highest BCUT2D eigenvalue weighted by Gasteiger charge is 2.12. The molecule has 1 atom stereocenters. The molecule has 0 aliphatic heterocycles. The molecular formula is C11H25NO3S. The van der Waals surface area contributed by atoms with Crippen molar-refractivity contribution in [3.05, 3.63) is 0 Å². The van der Waals surface area contributed by atoms with Crippen molar-refractivity contribution in [3.63, 3.8) is 0 Å². The van der Waals surface area contributed by atoms with E-state index in [0.29, 0.717) is 13.0 Å². The lowest BCUT2D eigenvalue weighted by molar-refractivity contribution is 0.0607. The molecule has 0 aromatic carbocycles. The second-order valence-electron chi connectivity index (χ2n) is 4.45. The maximum atomic E-state index is 11.1. The molecule has 0 rings (SSSR count). The molecule has 16 heavy (non-hydrogen) atoms. The standard InChI is InChI=1S/C11H25NO3S/c1-5-7-12-11(9-15-10(2)3)6-8-16(4,13)14/h10-12H,5-9H2,1-4H3. The van der Waals surface area contributed by atoms with Crippen molar-refractivity contribution in [3.8, 4) is 0 Å². The van der Waals surface area contributed by atoms with Gasteiger partial charge in [0.05, 0.1) is 18.5 Å². The molecule has 0 aliphatic carbocycles. The van der Waals surface area contributed by atoms with E-state index in [9.17, 15) is 8.42 Å². The Bertz CT molecular complexity index is 262. The first-order valence-corrected chi connectivity index (χ1v) is 7.94. The van der Waals surface area contributed by atoms with Crippen molar-refractivity contribution in [1.82, 2.24) is 5.32 Å². The number of sulfone groups is 1. The minimum absolute atomic E-state index is 0.136. The van der Waals surface area contributed by atoms with Gasteiger partial charge in [0.15, 0.2) is 0 Å². The van der Waals surface area contributed by atoms with Gasteiger partial charge < -0.3 is 10.1 Å². The van der Waals surface area contributed by atoms with Crippen molar-refractivity contribution in [2.75, 3.05) is 25.2 Å². The van der Waals surface area contributed by atoms with Crippen LogP contribution in [0.25, 0.3) is 0 Å². The van der Waals surface area contributed by atoms with Crippen LogP contribution >= 0.6 is 0 Å². The molecule has 0 radical (unpaired) electrons. The summed E-state index contributed by atoms with van der Waals surface area (Å²) < 4.78 is 27.7. The monoisotopic (exact) mass is 251 g/mol. The Morgan fingerprint density at radius 2 is 1.94 bits per heavy atom. The summed E-state index contributed by atoms with van der Waals surface area (Å²) in [4.78, 5) is 0. The van der Waals surface area contributed by atoms with Crippen molar-refractivity contribution >= 4 is 9.84 Å². The third-order valence-corrected chi connectivity index (χ3v) is 3.13. The van der Waals surface area contributed by atoms with Crippen LogP contribution in [0.5, 0.6) is 0 Å². The molecule has 0 amide bonds. The zero-order chi connectivity index (χ0) is 12.6. The largest absolute Gasteiger partial charge is 0.377 e. The maximum absolute atomic E-state index is 11.1. The van der Waals surface area contributed by atoms with Crippen LogP contribution in [0, 0.1) is 0 Å². The van der Waals surface area contributed by atoms with E-state index >= 15 is 0 Å². The van der Waals surface area contributed by atoms with E-state index in [1.807, 2.05) is 13.8 Å². The summed E-state index contributed by atoms with van der Waals surface area (Å²) >= 11 is 0. The van der Waals surface area contributed by atoms with Gasteiger partial charge in [0.2, 0.25) is 0 Å². The second kappa shape index (κ2) is 8.03.